The van der Waals surface area contributed by atoms with Crippen LogP contribution in [0.15, 0.2) is 12.1 Å². The van der Waals surface area contributed by atoms with Crippen LogP contribution in [0.1, 0.15) is 36.3 Å². The monoisotopic (exact) mass is 234 g/mol. The summed E-state index contributed by atoms with van der Waals surface area (Å²) in [7, 11) is 0. The second-order valence-corrected chi connectivity index (χ2v) is 5.00. The number of nitrogens with zero attached hydrogens (tertiary/aromatic N) is 2. The minimum absolute atomic E-state index is 0.319. The topological polar surface area (TPSA) is 53.4 Å². The van der Waals surface area contributed by atoms with Gasteiger partial charge in [0.25, 0.3) is 0 Å². The van der Waals surface area contributed by atoms with Gasteiger partial charge in [0.05, 0.1) is 5.56 Å². The summed E-state index contributed by atoms with van der Waals surface area (Å²) in [6, 6.07) is 3.71. The van der Waals surface area contributed by atoms with Crippen molar-refractivity contribution in [3.05, 3.63) is 23.4 Å². The SMILES string of the molecule is Cc1cc(C(=O)O)cc(N2CC(C)CC2C)n1. The summed E-state index contributed by atoms with van der Waals surface area (Å²) in [6.45, 7) is 7.16. The van der Waals surface area contributed by atoms with E-state index < -0.39 is 5.97 Å². The predicted octanol–water partition coefficient (Wildman–Crippen LogP) is 2.32. The molecular weight excluding hydrogens is 216 g/mol. The summed E-state index contributed by atoms with van der Waals surface area (Å²) >= 11 is 0. The van der Waals surface area contributed by atoms with Gasteiger partial charge in [0, 0.05) is 18.3 Å². The standard InChI is InChI=1S/C13H18N2O2/c1-8-4-10(3)15(7-8)12-6-11(13(16)17)5-9(2)14-12/h5-6,8,10H,4,7H2,1-3H3,(H,16,17). The molecule has 0 bridgehead atoms. The summed E-state index contributed by atoms with van der Waals surface area (Å²) in [5.74, 6) is 0.538. The molecule has 0 radical (unpaired) electrons. The Morgan fingerprint density at radius 3 is 2.71 bits per heavy atom. The number of rotatable bonds is 2. The number of aromatic nitrogens is 1. The lowest BCUT2D eigenvalue weighted by atomic mass is 10.1. The molecule has 2 unspecified atom stereocenters. The Labute approximate surface area is 101 Å². The zero-order chi connectivity index (χ0) is 12.6. The molecule has 1 aliphatic heterocycles. The highest BCUT2D eigenvalue weighted by molar-refractivity contribution is 5.88. The van der Waals surface area contributed by atoms with Crippen LogP contribution >= 0.6 is 0 Å². The number of pyridine rings is 1. The first-order valence-electron chi connectivity index (χ1n) is 5.96. The Hall–Kier alpha value is -1.58. The number of carboxylic acid groups (broad SMARTS) is 1. The smallest absolute Gasteiger partial charge is 0.335 e. The van der Waals surface area contributed by atoms with Crippen molar-refractivity contribution in [2.45, 2.75) is 33.2 Å². The molecular formula is C13H18N2O2. The fraction of sp³-hybridized carbons (Fsp3) is 0.538. The summed E-state index contributed by atoms with van der Waals surface area (Å²) in [5, 5.41) is 9.05. The van der Waals surface area contributed by atoms with Gasteiger partial charge in [-0.15, -0.1) is 0 Å². The van der Waals surface area contributed by atoms with E-state index in [1.165, 1.54) is 0 Å². The van der Waals surface area contributed by atoms with Crippen LogP contribution in [0.4, 0.5) is 5.82 Å². The fourth-order valence-electron chi connectivity index (χ4n) is 2.54. The number of hydrogen-bond donors (Lipinski definition) is 1. The van der Waals surface area contributed by atoms with Crippen molar-refractivity contribution in [3.8, 4) is 0 Å². The van der Waals surface area contributed by atoms with E-state index in [4.69, 9.17) is 5.11 Å². The highest BCUT2D eigenvalue weighted by Crippen LogP contribution is 2.28. The van der Waals surface area contributed by atoms with Gasteiger partial charge in [0.2, 0.25) is 0 Å². The lowest BCUT2D eigenvalue weighted by Gasteiger charge is -2.23. The van der Waals surface area contributed by atoms with E-state index in [1.54, 1.807) is 12.1 Å². The third-order valence-corrected chi connectivity index (χ3v) is 3.27. The fourth-order valence-corrected chi connectivity index (χ4v) is 2.54. The van der Waals surface area contributed by atoms with Gasteiger partial charge in [0.1, 0.15) is 5.82 Å². The summed E-state index contributed by atoms with van der Waals surface area (Å²) in [6.07, 6.45) is 1.14. The molecule has 1 saturated heterocycles. The molecule has 0 amide bonds. The van der Waals surface area contributed by atoms with Gasteiger partial charge in [-0.1, -0.05) is 6.92 Å². The molecule has 1 fully saturated rings. The lowest BCUT2D eigenvalue weighted by Crippen LogP contribution is -2.28. The largest absolute Gasteiger partial charge is 0.478 e. The van der Waals surface area contributed by atoms with Crippen LogP contribution in [-0.2, 0) is 0 Å². The molecule has 2 rings (SSSR count). The van der Waals surface area contributed by atoms with Crippen molar-refractivity contribution in [3.63, 3.8) is 0 Å². The summed E-state index contributed by atoms with van der Waals surface area (Å²) in [5.41, 5.74) is 1.07. The van der Waals surface area contributed by atoms with Crippen LogP contribution in [0.5, 0.6) is 0 Å². The van der Waals surface area contributed by atoms with E-state index in [9.17, 15) is 4.79 Å². The van der Waals surface area contributed by atoms with Crippen LogP contribution in [0.3, 0.4) is 0 Å². The minimum Gasteiger partial charge on any atom is -0.478 e. The van der Waals surface area contributed by atoms with Gasteiger partial charge in [-0.25, -0.2) is 9.78 Å². The molecule has 4 heteroatoms. The number of carboxylic acids is 1. The average Bonchev–Trinajstić information content (AvgIpc) is 2.57. The quantitative estimate of drug-likeness (QED) is 0.853. The van der Waals surface area contributed by atoms with Crippen LogP contribution in [0.25, 0.3) is 0 Å². The van der Waals surface area contributed by atoms with Gasteiger partial charge >= 0.3 is 5.97 Å². The van der Waals surface area contributed by atoms with Crippen LogP contribution in [-0.4, -0.2) is 28.6 Å². The molecule has 4 nitrogen and oxygen atoms in total. The van der Waals surface area contributed by atoms with Crippen molar-refractivity contribution in [2.75, 3.05) is 11.4 Å². The van der Waals surface area contributed by atoms with Crippen molar-refractivity contribution in [1.29, 1.82) is 0 Å². The van der Waals surface area contributed by atoms with Crippen molar-refractivity contribution in [1.82, 2.24) is 4.98 Å². The Bertz CT molecular complexity index is 445. The predicted molar refractivity (Wildman–Crippen MR) is 66.5 cm³/mol. The van der Waals surface area contributed by atoms with Gasteiger partial charge in [-0.2, -0.15) is 0 Å². The first-order valence-corrected chi connectivity index (χ1v) is 5.96. The molecule has 0 saturated carbocycles. The normalized spacial score (nSPS) is 24.1. The molecule has 0 aromatic carbocycles. The molecule has 1 aliphatic rings. The molecule has 1 aromatic rings. The first-order chi connectivity index (χ1) is 7.97. The van der Waals surface area contributed by atoms with Crippen LogP contribution < -0.4 is 4.90 Å². The van der Waals surface area contributed by atoms with E-state index >= 15 is 0 Å². The van der Waals surface area contributed by atoms with Crippen LogP contribution in [0.2, 0.25) is 0 Å². The van der Waals surface area contributed by atoms with Gasteiger partial charge < -0.3 is 10.0 Å². The Morgan fingerprint density at radius 1 is 1.47 bits per heavy atom. The third kappa shape index (κ3) is 2.40. The minimum atomic E-state index is -0.892. The van der Waals surface area contributed by atoms with E-state index in [0.29, 0.717) is 17.5 Å². The molecule has 17 heavy (non-hydrogen) atoms. The number of hydrogen-bond acceptors (Lipinski definition) is 3. The molecule has 1 aromatic heterocycles. The third-order valence-electron chi connectivity index (χ3n) is 3.27. The van der Waals surface area contributed by atoms with Crippen molar-refractivity contribution < 1.29 is 9.90 Å². The Morgan fingerprint density at radius 2 is 2.18 bits per heavy atom. The number of aryl methyl sites for hydroxylation is 1. The summed E-state index contributed by atoms with van der Waals surface area (Å²) < 4.78 is 0. The van der Waals surface area contributed by atoms with E-state index in [-0.39, 0.29) is 0 Å². The van der Waals surface area contributed by atoms with E-state index in [0.717, 1.165) is 24.5 Å². The molecule has 2 heterocycles. The van der Waals surface area contributed by atoms with Gasteiger partial charge in [-0.05, 0) is 38.3 Å². The first kappa shape index (κ1) is 11.9. The zero-order valence-corrected chi connectivity index (χ0v) is 10.5. The number of carbonyl (C=O) groups is 1. The second kappa shape index (κ2) is 4.35. The maximum Gasteiger partial charge on any atom is 0.335 e. The van der Waals surface area contributed by atoms with E-state index in [1.807, 2.05) is 6.92 Å². The Balaban J connectivity index is 2.35. The Kier molecular flexibility index (Phi) is 3.05. The highest BCUT2D eigenvalue weighted by Gasteiger charge is 2.27. The number of anilines is 1. The number of aromatic carboxylic acids is 1. The molecule has 0 aliphatic carbocycles. The summed E-state index contributed by atoms with van der Waals surface area (Å²) in [4.78, 5) is 17.7. The van der Waals surface area contributed by atoms with Gasteiger partial charge in [0.15, 0.2) is 0 Å². The zero-order valence-electron chi connectivity index (χ0n) is 10.5. The molecule has 0 spiro atoms. The average molecular weight is 234 g/mol. The maximum atomic E-state index is 11.0. The highest BCUT2D eigenvalue weighted by atomic mass is 16.4. The van der Waals surface area contributed by atoms with Crippen molar-refractivity contribution in [2.24, 2.45) is 5.92 Å². The molecule has 1 N–H and O–H groups in total. The lowest BCUT2D eigenvalue weighted by molar-refractivity contribution is 0.0696. The second-order valence-electron chi connectivity index (χ2n) is 5.00. The maximum absolute atomic E-state index is 11.0. The molecule has 2 atom stereocenters. The van der Waals surface area contributed by atoms with E-state index in [2.05, 4.69) is 23.7 Å². The molecule has 92 valence electrons. The van der Waals surface area contributed by atoms with Gasteiger partial charge in [-0.3, -0.25) is 0 Å². The van der Waals surface area contributed by atoms with Crippen LogP contribution in [0, 0.1) is 12.8 Å². The van der Waals surface area contributed by atoms with Crippen molar-refractivity contribution >= 4 is 11.8 Å².